The molecular formula is C94H177O25P. The number of aliphatic hydroxyl groups excluding tert-OH is 9. The number of esters is 4. The minimum absolute atomic E-state index is 0.0174. The average molecular weight is 1740 g/mol. The van der Waals surface area contributed by atoms with Gasteiger partial charge < -0.3 is 88.7 Å². The normalized spacial score (nSPS) is 24.9. The number of unbranched alkanes of at least 4 members (excludes halogenated alkanes) is 52. The molecule has 120 heavy (non-hydrogen) atoms. The van der Waals surface area contributed by atoms with E-state index in [1.165, 1.54) is 218 Å². The second-order valence-electron chi connectivity index (χ2n) is 35.6. The van der Waals surface area contributed by atoms with Gasteiger partial charge >= 0.3 is 31.7 Å². The van der Waals surface area contributed by atoms with E-state index in [1.807, 2.05) is 0 Å². The van der Waals surface area contributed by atoms with Crippen molar-refractivity contribution in [2.75, 3.05) is 26.4 Å². The van der Waals surface area contributed by atoms with Gasteiger partial charge in [-0.1, -0.05) is 388 Å². The number of ether oxygens (including phenoxy) is 8. The van der Waals surface area contributed by atoms with Gasteiger partial charge in [-0.2, -0.15) is 0 Å². The summed E-state index contributed by atoms with van der Waals surface area (Å²) in [6.45, 7) is 7.98. The molecule has 19 unspecified atom stereocenters. The number of rotatable bonds is 80. The van der Waals surface area contributed by atoms with Crippen LogP contribution < -0.4 is 0 Å². The van der Waals surface area contributed by atoms with E-state index in [0.29, 0.717) is 38.0 Å². The fourth-order valence-electron chi connectivity index (χ4n) is 16.6. The second-order valence-corrected chi connectivity index (χ2v) is 37.0. The maximum atomic E-state index is 14.9. The molecule has 26 heteroatoms. The van der Waals surface area contributed by atoms with Crippen LogP contribution in [0.2, 0.25) is 0 Å². The van der Waals surface area contributed by atoms with Crippen LogP contribution in [0.15, 0.2) is 0 Å². The number of carbonyl (C=O) groups is 4. The predicted molar refractivity (Wildman–Crippen MR) is 467 cm³/mol. The third kappa shape index (κ3) is 52.1. The third-order valence-electron chi connectivity index (χ3n) is 24.5. The first kappa shape index (κ1) is 112. The third-order valence-corrected chi connectivity index (χ3v) is 25.5. The molecule has 25 nitrogen and oxygen atoms in total. The molecule has 1 saturated carbocycles. The molecule has 1 aliphatic carbocycles. The van der Waals surface area contributed by atoms with Gasteiger partial charge in [-0.25, -0.2) is 4.57 Å². The van der Waals surface area contributed by atoms with Crippen LogP contribution in [0.25, 0.3) is 0 Å². The summed E-state index contributed by atoms with van der Waals surface area (Å²) in [6, 6.07) is 0. The SMILES string of the molecule is CCCCCCCCCCCCCCCCCCC(=O)OCC(COP(=O)(O)OC1C(OC2OC(CO)C(O)C(O)C2O)C(O)C(O)C(OC(=O)CCCCCCCCCCCCCCCCCC)C1OC1OC(COC(=O)CCCCCCCCC(C)CCCCCCCC)C(O)C(O)C1O)OC(=O)CCCCCCCCCCCCCCC. The Morgan fingerprint density at radius 2 is 0.625 bits per heavy atom. The summed E-state index contributed by atoms with van der Waals surface area (Å²) in [4.78, 5) is 66.6. The standard InChI is InChI=1S/C94H177O25P/c1-6-10-14-18-22-25-28-31-33-35-38-40-43-46-53-59-65-77(96)110-70-74(113-79(98)67-61-55-47-44-41-37-30-27-24-20-16-12-8-3)71-112-120(108,109)119-92-90(117-93-87(106)83(102)81(100)75(69-95)114-93)86(105)85(104)89(116-80(99)68-62-56-48-45-42-39-36-34-32-29-26-23-19-15-11-7-2)91(92)118-94-88(107)84(103)82(101)76(115-94)72-111-78(97)66-60-54-50-49-52-58-64-73(5)63-57-51-21-17-13-9-4/h73-76,81-95,100-107H,6-72H2,1-5H3,(H,108,109). The average Bonchev–Trinajstić information content (AvgIpc) is 0.753. The van der Waals surface area contributed by atoms with Crippen molar-refractivity contribution in [3.05, 3.63) is 0 Å². The van der Waals surface area contributed by atoms with E-state index in [-0.39, 0.29) is 25.7 Å². The first-order valence-corrected chi connectivity index (χ1v) is 50.7. The highest BCUT2D eigenvalue weighted by Crippen LogP contribution is 2.49. The van der Waals surface area contributed by atoms with Crippen LogP contribution in [-0.2, 0) is 70.7 Å². The second kappa shape index (κ2) is 72.4. The summed E-state index contributed by atoms with van der Waals surface area (Å²) in [7, 11) is -5.80. The lowest BCUT2D eigenvalue weighted by Gasteiger charge is -2.50. The summed E-state index contributed by atoms with van der Waals surface area (Å²) in [5.74, 6) is -2.25. The maximum Gasteiger partial charge on any atom is 0.472 e. The Morgan fingerprint density at radius 3 is 0.992 bits per heavy atom. The molecule has 3 aliphatic rings. The maximum absolute atomic E-state index is 14.9. The molecule has 2 saturated heterocycles. The molecule has 19 atom stereocenters. The number of phosphoric ester groups is 1. The Morgan fingerprint density at radius 1 is 0.325 bits per heavy atom. The van der Waals surface area contributed by atoms with Crippen LogP contribution >= 0.6 is 7.82 Å². The fraction of sp³-hybridized carbons (Fsp3) is 0.957. The molecule has 2 aliphatic heterocycles. The van der Waals surface area contributed by atoms with Crippen LogP contribution in [0, 0.1) is 5.92 Å². The van der Waals surface area contributed by atoms with Crippen molar-refractivity contribution in [1.82, 2.24) is 0 Å². The van der Waals surface area contributed by atoms with Gasteiger partial charge in [0.2, 0.25) is 0 Å². The van der Waals surface area contributed by atoms with Gasteiger partial charge in [-0.15, -0.1) is 0 Å². The highest BCUT2D eigenvalue weighted by atomic mass is 31.2. The first-order valence-electron chi connectivity index (χ1n) is 49.2. The zero-order valence-corrected chi connectivity index (χ0v) is 76.7. The fourth-order valence-corrected chi connectivity index (χ4v) is 17.6. The Kier molecular flexibility index (Phi) is 67.3. The van der Waals surface area contributed by atoms with Crippen molar-refractivity contribution < 1.29 is 122 Å². The van der Waals surface area contributed by atoms with Gasteiger partial charge in [0.25, 0.3) is 0 Å². The Labute approximate surface area is 725 Å². The zero-order chi connectivity index (χ0) is 87.6. The van der Waals surface area contributed by atoms with Crippen molar-refractivity contribution >= 4 is 31.7 Å². The van der Waals surface area contributed by atoms with E-state index < -0.39 is 162 Å². The van der Waals surface area contributed by atoms with E-state index in [2.05, 4.69) is 34.6 Å². The van der Waals surface area contributed by atoms with Crippen LogP contribution in [-0.4, -0.2) is 205 Å². The topological polar surface area (TPSA) is 380 Å². The van der Waals surface area contributed by atoms with Gasteiger partial charge in [-0.05, 0) is 31.6 Å². The Hall–Kier alpha value is -2.53. The summed E-state index contributed by atoms with van der Waals surface area (Å²) in [5.41, 5.74) is 0. The van der Waals surface area contributed by atoms with E-state index in [1.54, 1.807) is 0 Å². The lowest BCUT2D eigenvalue weighted by Crippen LogP contribution is -2.70. The highest BCUT2D eigenvalue weighted by Gasteiger charge is 2.60. The monoisotopic (exact) mass is 1740 g/mol. The summed E-state index contributed by atoms with van der Waals surface area (Å²) < 4.78 is 73.6. The van der Waals surface area contributed by atoms with Gasteiger partial charge in [0.05, 0.1) is 13.2 Å². The van der Waals surface area contributed by atoms with Crippen molar-refractivity contribution in [2.24, 2.45) is 5.92 Å². The zero-order valence-electron chi connectivity index (χ0n) is 75.8. The molecule has 0 aromatic rings. The summed E-state index contributed by atoms with van der Waals surface area (Å²) in [5, 5.41) is 103. The van der Waals surface area contributed by atoms with Crippen LogP contribution in [0.5, 0.6) is 0 Å². The molecule has 708 valence electrons. The lowest BCUT2D eigenvalue weighted by molar-refractivity contribution is -0.360. The number of hydrogen-bond acceptors (Lipinski definition) is 24. The molecular weight excluding hydrogens is 1560 g/mol. The van der Waals surface area contributed by atoms with E-state index in [4.69, 9.17) is 46.9 Å². The number of hydrogen-bond donors (Lipinski definition) is 10. The number of phosphoric acid groups is 1. The molecule has 0 amide bonds. The molecule has 0 aromatic carbocycles. The molecule has 10 N–H and O–H groups in total. The largest absolute Gasteiger partial charge is 0.472 e. The van der Waals surface area contributed by atoms with Crippen LogP contribution in [0.4, 0.5) is 0 Å². The van der Waals surface area contributed by atoms with Gasteiger partial charge in [0, 0.05) is 25.7 Å². The molecule has 0 spiro atoms. The van der Waals surface area contributed by atoms with Gasteiger partial charge in [-0.3, -0.25) is 28.2 Å². The van der Waals surface area contributed by atoms with Crippen molar-refractivity contribution in [3.8, 4) is 0 Å². The Balaban J connectivity index is 1.90. The summed E-state index contributed by atoms with van der Waals surface area (Å²) in [6.07, 6.45) is 29.3. The van der Waals surface area contributed by atoms with Gasteiger partial charge in [0.1, 0.15) is 92.6 Å². The van der Waals surface area contributed by atoms with Gasteiger partial charge in [0.15, 0.2) is 24.8 Å². The predicted octanol–water partition coefficient (Wildman–Crippen LogP) is 18.8. The number of carbonyl (C=O) groups excluding carboxylic acids is 4. The van der Waals surface area contributed by atoms with Crippen molar-refractivity contribution in [3.63, 3.8) is 0 Å². The van der Waals surface area contributed by atoms with E-state index >= 15 is 0 Å². The first-order chi connectivity index (χ1) is 58.1. The van der Waals surface area contributed by atoms with Crippen molar-refractivity contribution in [2.45, 2.75) is 543 Å². The molecule has 0 radical (unpaired) electrons. The number of aliphatic hydroxyl groups is 9. The van der Waals surface area contributed by atoms with E-state index in [9.17, 15) is 74.6 Å². The minimum atomic E-state index is -5.80. The Bertz CT molecular complexity index is 2500. The molecule has 2 heterocycles. The molecule has 0 aromatic heterocycles. The van der Waals surface area contributed by atoms with Crippen molar-refractivity contribution in [1.29, 1.82) is 0 Å². The smallest absolute Gasteiger partial charge is 0.463 e. The van der Waals surface area contributed by atoms with Crippen LogP contribution in [0.3, 0.4) is 0 Å². The molecule has 3 fully saturated rings. The molecule has 0 bridgehead atoms. The molecule has 3 rings (SSSR count). The summed E-state index contributed by atoms with van der Waals surface area (Å²) >= 11 is 0. The van der Waals surface area contributed by atoms with Crippen LogP contribution in [0.1, 0.15) is 439 Å². The lowest BCUT2D eigenvalue weighted by atomic mass is 9.84. The quantitative estimate of drug-likeness (QED) is 0.0117. The van der Waals surface area contributed by atoms with E-state index in [0.717, 1.165) is 128 Å². The minimum Gasteiger partial charge on any atom is -0.463 e. The highest BCUT2D eigenvalue weighted by molar-refractivity contribution is 7.47.